The molecular weight excluding hydrogens is 420 g/mol. The first-order valence-electron chi connectivity index (χ1n) is 10.7. The lowest BCUT2D eigenvalue weighted by molar-refractivity contribution is -0.119. The van der Waals surface area contributed by atoms with Gasteiger partial charge in [0.25, 0.3) is 5.91 Å². The minimum atomic E-state index is -0.0891. The number of thiophene rings is 1. The van der Waals surface area contributed by atoms with Gasteiger partial charge in [-0.15, -0.1) is 11.3 Å². The summed E-state index contributed by atoms with van der Waals surface area (Å²) in [4.78, 5) is 32.9. The molecule has 0 spiro atoms. The van der Waals surface area contributed by atoms with Gasteiger partial charge in [-0.25, -0.2) is 4.98 Å². The van der Waals surface area contributed by atoms with Gasteiger partial charge in [0.15, 0.2) is 0 Å². The third-order valence-corrected chi connectivity index (χ3v) is 6.09. The highest BCUT2D eigenvalue weighted by Gasteiger charge is 2.22. The maximum atomic E-state index is 13.4. The third-order valence-electron chi connectivity index (χ3n) is 5.23. The summed E-state index contributed by atoms with van der Waals surface area (Å²) < 4.78 is 1.97. The average molecular weight is 447 g/mol. The molecule has 2 amide bonds. The maximum absolute atomic E-state index is 13.4. The van der Waals surface area contributed by atoms with Gasteiger partial charge in [0, 0.05) is 24.7 Å². The number of carbonyl (C=O) groups is 2. The van der Waals surface area contributed by atoms with Crippen molar-refractivity contribution in [3.63, 3.8) is 0 Å². The number of amides is 2. The fraction of sp³-hybridized carbons (Fsp3) is 0.240. The standard InChI is InChI=1S/C25H26N4O2S/c1-18(2)29(19-9-4-3-5-10-19)24(30)17-28-21-12-7-6-11-20(21)27-23(28)14-15-26-25(31)22-13-8-16-32-22/h3-13,16,18H,14-15,17H2,1-2H3,(H,26,31). The van der Waals surface area contributed by atoms with Crippen LogP contribution in [-0.2, 0) is 17.8 Å². The molecule has 0 aliphatic carbocycles. The molecule has 0 radical (unpaired) electrons. The summed E-state index contributed by atoms with van der Waals surface area (Å²) in [5.74, 6) is 0.690. The molecule has 1 N–H and O–H groups in total. The Labute approximate surface area is 191 Å². The van der Waals surface area contributed by atoms with E-state index in [2.05, 4.69) is 5.32 Å². The fourth-order valence-electron chi connectivity index (χ4n) is 3.81. The minimum absolute atomic E-state index is 0.00164. The molecule has 2 aromatic heterocycles. The van der Waals surface area contributed by atoms with Gasteiger partial charge >= 0.3 is 0 Å². The monoisotopic (exact) mass is 446 g/mol. The summed E-state index contributed by atoms with van der Waals surface area (Å²) in [7, 11) is 0. The molecule has 0 saturated heterocycles. The number of carbonyl (C=O) groups excluding carboxylic acids is 2. The van der Waals surface area contributed by atoms with Gasteiger partial charge in [-0.2, -0.15) is 0 Å². The molecule has 0 bridgehead atoms. The van der Waals surface area contributed by atoms with Gasteiger partial charge in [-0.1, -0.05) is 36.4 Å². The number of anilines is 1. The molecule has 7 heteroatoms. The van der Waals surface area contributed by atoms with E-state index in [1.165, 1.54) is 11.3 Å². The molecule has 2 aromatic carbocycles. The summed E-state index contributed by atoms with van der Waals surface area (Å²) in [6.45, 7) is 4.65. The minimum Gasteiger partial charge on any atom is -0.351 e. The van der Waals surface area contributed by atoms with E-state index < -0.39 is 0 Å². The van der Waals surface area contributed by atoms with Gasteiger partial charge < -0.3 is 14.8 Å². The van der Waals surface area contributed by atoms with E-state index >= 15 is 0 Å². The molecule has 0 aliphatic heterocycles. The van der Waals surface area contributed by atoms with E-state index in [-0.39, 0.29) is 24.4 Å². The lowest BCUT2D eigenvalue weighted by Crippen LogP contribution is -2.39. The van der Waals surface area contributed by atoms with E-state index in [1.54, 1.807) is 6.07 Å². The second-order valence-corrected chi connectivity index (χ2v) is 8.73. The Kier molecular flexibility index (Phi) is 6.66. The predicted octanol–water partition coefficient (Wildman–Crippen LogP) is 4.51. The van der Waals surface area contributed by atoms with Crippen molar-refractivity contribution in [2.45, 2.75) is 32.9 Å². The number of nitrogens with zero attached hydrogens (tertiary/aromatic N) is 3. The normalized spacial score (nSPS) is 11.1. The van der Waals surface area contributed by atoms with Gasteiger partial charge in [0.05, 0.1) is 15.9 Å². The fourth-order valence-corrected chi connectivity index (χ4v) is 4.45. The number of imidazole rings is 1. The van der Waals surface area contributed by atoms with Crippen molar-refractivity contribution in [3.05, 3.63) is 82.8 Å². The molecule has 0 aliphatic rings. The summed E-state index contributed by atoms with van der Waals surface area (Å²) in [5, 5.41) is 4.83. The first kappa shape index (κ1) is 21.8. The van der Waals surface area contributed by atoms with Gasteiger partial charge in [-0.3, -0.25) is 9.59 Å². The molecule has 6 nitrogen and oxygen atoms in total. The molecular formula is C25H26N4O2S. The van der Waals surface area contributed by atoms with Crippen LogP contribution < -0.4 is 10.2 Å². The molecule has 164 valence electrons. The highest BCUT2D eigenvalue weighted by atomic mass is 32.1. The Morgan fingerprint density at radius 3 is 2.50 bits per heavy atom. The third kappa shape index (κ3) is 4.73. The van der Waals surface area contributed by atoms with E-state index in [4.69, 9.17) is 4.98 Å². The van der Waals surface area contributed by atoms with Crippen LogP contribution in [0.1, 0.15) is 29.3 Å². The Morgan fingerprint density at radius 1 is 1.03 bits per heavy atom. The molecule has 0 unspecified atom stereocenters. The Morgan fingerprint density at radius 2 is 1.78 bits per heavy atom. The van der Waals surface area contributed by atoms with Crippen LogP contribution >= 0.6 is 11.3 Å². The lowest BCUT2D eigenvalue weighted by Gasteiger charge is -2.27. The largest absolute Gasteiger partial charge is 0.351 e. The van der Waals surface area contributed by atoms with Crippen LogP contribution in [0.2, 0.25) is 0 Å². The van der Waals surface area contributed by atoms with Crippen molar-refractivity contribution in [1.29, 1.82) is 0 Å². The molecule has 4 aromatic rings. The first-order chi connectivity index (χ1) is 15.5. The molecule has 0 saturated carbocycles. The number of benzene rings is 2. The van der Waals surface area contributed by atoms with Crippen LogP contribution in [0.25, 0.3) is 11.0 Å². The molecule has 2 heterocycles. The number of fused-ring (bicyclic) bond motifs is 1. The summed E-state index contributed by atoms with van der Waals surface area (Å²) in [6, 6.07) is 21.2. The Hall–Kier alpha value is -3.45. The Bertz CT molecular complexity index is 1200. The summed E-state index contributed by atoms with van der Waals surface area (Å²) >= 11 is 1.41. The van der Waals surface area contributed by atoms with Gasteiger partial charge in [0.1, 0.15) is 12.4 Å². The SMILES string of the molecule is CC(C)N(C(=O)Cn1c(CCNC(=O)c2cccs2)nc2ccccc21)c1ccccc1. The van der Waals surface area contributed by atoms with Crippen LogP contribution in [0.3, 0.4) is 0 Å². The van der Waals surface area contributed by atoms with Crippen molar-refractivity contribution < 1.29 is 9.59 Å². The van der Waals surface area contributed by atoms with Crippen LogP contribution in [0.4, 0.5) is 5.69 Å². The van der Waals surface area contributed by atoms with E-state index in [1.807, 2.05) is 89.4 Å². The molecule has 32 heavy (non-hydrogen) atoms. The number of nitrogens with one attached hydrogen (secondary N) is 1. The van der Waals surface area contributed by atoms with E-state index in [0.29, 0.717) is 17.8 Å². The second kappa shape index (κ2) is 9.78. The number of para-hydroxylation sites is 3. The maximum Gasteiger partial charge on any atom is 0.261 e. The highest BCUT2D eigenvalue weighted by Crippen LogP contribution is 2.21. The van der Waals surface area contributed by atoms with Crippen molar-refractivity contribution >= 4 is 39.9 Å². The lowest BCUT2D eigenvalue weighted by atomic mass is 10.2. The zero-order chi connectivity index (χ0) is 22.5. The zero-order valence-corrected chi connectivity index (χ0v) is 19.0. The number of hydrogen-bond donors (Lipinski definition) is 1. The zero-order valence-electron chi connectivity index (χ0n) is 18.2. The number of aromatic nitrogens is 2. The van der Waals surface area contributed by atoms with Crippen molar-refractivity contribution in [3.8, 4) is 0 Å². The molecule has 0 fully saturated rings. The van der Waals surface area contributed by atoms with E-state index in [0.717, 1.165) is 22.5 Å². The summed E-state index contributed by atoms with van der Waals surface area (Å²) in [6.07, 6.45) is 0.534. The molecule has 0 atom stereocenters. The predicted molar refractivity (Wildman–Crippen MR) is 129 cm³/mol. The highest BCUT2D eigenvalue weighted by molar-refractivity contribution is 7.12. The van der Waals surface area contributed by atoms with Crippen LogP contribution in [-0.4, -0.2) is 34.0 Å². The second-order valence-electron chi connectivity index (χ2n) is 7.78. The van der Waals surface area contributed by atoms with Gasteiger partial charge in [0.2, 0.25) is 5.91 Å². The van der Waals surface area contributed by atoms with Crippen LogP contribution in [0.15, 0.2) is 72.1 Å². The van der Waals surface area contributed by atoms with Crippen LogP contribution in [0.5, 0.6) is 0 Å². The number of hydrogen-bond acceptors (Lipinski definition) is 4. The first-order valence-corrected chi connectivity index (χ1v) is 11.6. The van der Waals surface area contributed by atoms with Gasteiger partial charge in [-0.05, 0) is 49.6 Å². The quantitative estimate of drug-likeness (QED) is 0.433. The van der Waals surface area contributed by atoms with E-state index in [9.17, 15) is 9.59 Å². The topological polar surface area (TPSA) is 67.2 Å². The molecule has 4 rings (SSSR count). The van der Waals surface area contributed by atoms with Crippen molar-refractivity contribution in [1.82, 2.24) is 14.9 Å². The summed E-state index contributed by atoms with van der Waals surface area (Å²) in [5.41, 5.74) is 2.63. The Balaban J connectivity index is 1.55. The smallest absolute Gasteiger partial charge is 0.261 e. The van der Waals surface area contributed by atoms with Crippen LogP contribution in [0, 0.1) is 0 Å². The van der Waals surface area contributed by atoms with Crippen molar-refractivity contribution in [2.75, 3.05) is 11.4 Å². The average Bonchev–Trinajstić information content (AvgIpc) is 3.43. The number of rotatable bonds is 8. The van der Waals surface area contributed by atoms with Crippen molar-refractivity contribution in [2.24, 2.45) is 0 Å².